The number of imide groups is 1. The van der Waals surface area contributed by atoms with Crippen molar-refractivity contribution in [2.24, 2.45) is 5.41 Å². The zero-order valence-electron chi connectivity index (χ0n) is 14.5. The largest absolute Gasteiger partial charge is 0.354 e. The second-order valence-electron chi connectivity index (χ2n) is 7.14. The fraction of sp³-hybridized carbons (Fsp3) is 0.526. The van der Waals surface area contributed by atoms with Gasteiger partial charge in [-0.1, -0.05) is 48.5 Å². The SMILES string of the molecule is O=C(CN1C(=O)CC2(CCCCC2)C1=O)NCCc1ccc(Cl)cc1Cl. The van der Waals surface area contributed by atoms with E-state index in [1.165, 1.54) is 0 Å². The zero-order valence-corrected chi connectivity index (χ0v) is 16.0. The molecule has 7 heteroatoms. The Morgan fingerprint density at radius 1 is 1.15 bits per heavy atom. The number of nitrogens with one attached hydrogen (secondary N) is 1. The molecule has 1 spiro atoms. The number of halogens is 2. The Kier molecular flexibility index (Phi) is 5.88. The highest BCUT2D eigenvalue weighted by atomic mass is 35.5. The predicted molar refractivity (Wildman–Crippen MR) is 100 cm³/mol. The van der Waals surface area contributed by atoms with Gasteiger partial charge in [-0.15, -0.1) is 0 Å². The Labute approximate surface area is 163 Å². The molecule has 5 nitrogen and oxygen atoms in total. The first-order chi connectivity index (χ1) is 12.4. The van der Waals surface area contributed by atoms with Crippen LogP contribution in [0, 0.1) is 5.41 Å². The lowest BCUT2D eigenvalue weighted by Gasteiger charge is -2.30. The van der Waals surface area contributed by atoms with E-state index >= 15 is 0 Å². The van der Waals surface area contributed by atoms with Crippen LogP contribution in [0.2, 0.25) is 10.0 Å². The van der Waals surface area contributed by atoms with Gasteiger partial charge in [0.2, 0.25) is 17.7 Å². The maximum Gasteiger partial charge on any atom is 0.240 e. The van der Waals surface area contributed by atoms with E-state index in [2.05, 4.69) is 5.32 Å². The lowest BCUT2D eigenvalue weighted by atomic mass is 9.73. The van der Waals surface area contributed by atoms with E-state index in [0.717, 1.165) is 42.6 Å². The molecule has 1 aliphatic heterocycles. The van der Waals surface area contributed by atoms with Crippen LogP contribution in [0.4, 0.5) is 0 Å². The minimum atomic E-state index is -0.549. The Balaban J connectivity index is 1.51. The van der Waals surface area contributed by atoms with Crippen molar-refractivity contribution in [3.8, 4) is 0 Å². The number of amides is 3. The van der Waals surface area contributed by atoms with E-state index in [9.17, 15) is 14.4 Å². The number of hydrogen-bond donors (Lipinski definition) is 1. The molecule has 1 heterocycles. The van der Waals surface area contributed by atoms with Gasteiger partial charge in [0.1, 0.15) is 6.54 Å². The third-order valence-corrected chi connectivity index (χ3v) is 5.92. The summed E-state index contributed by atoms with van der Waals surface area (Å²) in [4.78, 5) is 38.3. The quantitative estimate of drug-likeness (QED) is 0.775. The standard InChI is InChI=1S/C19H22Cl2N2O3/c20-14-5-4-13(15(21)10-14)6-9-22-16(24)12-23-17(25)11-19(18(23)26)7-2-1-3-8-19/h4-5,10H,1-3,6-9,11-12H2,(H,22,24). The summed E-state index contributed by atoms with van der Waals surface area (Å²) < 4.78 is 0. The van der Waals surface area contributed by atoms with Crippen LogP contribution in [0.25, 0.3) is 0 Å². The van der Waals surface area contributed by atoms with Crippen LogP contribution in [0.15, 0.2) is 18.2 Å². The normalized spacial score (nSPS) is 19.2. The number of nitrogens with zero attached hydrogens (tertiary/aromatic N) is 1. The van der Waals surface area contributed by atoms with Crippen molar-refractivity contribution in [2.45, 2.75) is 44.9 Å². The summed E-state index contributed by atoms with van der Waals surface area (Å²) in [5, 5.41) is 3.87. The lowest BCUT2D eigenvalue weighted by Crippen LogP contribution is -2.43. The molecule has 3 amide bonds. The lowest BCUT2D eigenvalue weighted by molar-refractivity contribution is -0.145. The fourth-order valence-electron chi connectivity index (χ4n) is 3.90. The first-order valence-electron chi connectivity index (χ1n) is 8.97. The molecule has 26 heavy (non-hydrogen) atoms. The van der Waals surface area contributed by atoms with Crippen LogP contribution in [-0.2, 0) is 20.8 Å². The topological polar surface area (TPSA) is 66.5 Å². The summed E-state index contributed by atoms with van der Waals surface area (Å²) in [5.74, 6) is -0.726. The predicted octanol–water partition coefficient (Wildman–Crippen LogP) is 3.36. The average molecular weight is 397 g/mol. The molecular formula is C19H22Cl2N2O3. The Bertz CT molecular complexity index is 729. The third-order valence-electron chi connectivity index (χ3n) is 5.33. The summed E-state index contributed by atoms with van der Waals surface area (Å²) in [6.07, 6.45) is 5.36. The molecular weight excluding hydrogens is 375 g/mol. The highest BCUT2D eigenvalue weighted by Crippen LogP contribution is 2.45. The molecule has 1 saturated carbocycles. The molecule has 1 aromatic carbocycles. The molecule has 1 aromatic rings. The average Bonchev–Trinajstić information content (AvgIpc) is 2.82. The minimum Gasteiger partial charge on any atom is -0.354 e. The summed E-state index contributed by atoms with van der Waals surface area (Å²) in [7, 11) is 0. The van der Waals surface area contributed by atoms with Crippen LogP contribution in [0.1, 0.15) is 44.1 Å². The second-order valence-corrected chi connectivity index (χ2v) is 7.98. The van der Waals surface area contributed by atoms with Gasteiger partial charge in [-0.2, -0.15) is 0 Å². The summed E-state index contributed by atoms with van der Waals surface area (Å²) in [6, 6.07) is 5.22. The monoisotopic (exact) mass is 396 g/mol. The number of rotatable bonds is 5. The molecule has 140 valence electrons. The van der Waals surface area contributed by atoms with Gasteiger partial charge in [-0.05, 0) is 37.0 Å². The maximum absolute atomic E-state index is 12.7. The highest BCUT2D eigenvalue weighted by molar-refractivity contribution is 6.35. The molecule has 2 aliphatic rings. The molecule has 0 atom stereocenters. The van der Waals surface area contributed by atoms with Crippen molar-refractivity contribution >= 4 is 40.9 Å². The number of hydrogen-bond acceptors (Lipinski definition) is 3. The molecule has 1 saturated heterocycles. The van der Waals surface area contributed by atoms with E-state index in [-0.39, 0.29) is 30.7 Å². The van der Waals surface area contributed by atoms with Gasteiger partial charge in [-0.3, -0.25) is 19.3 Å². The number of carbonyl (C=O) groups is 3. The van der Waals surface area contributed by atoms with Gasteiger partial charge < -0.3 is 5.32 Å². The molecule has 2 fully saturated rings. The Morgan fingerprint density at radius 3 is 2.58 bits per heavy atom. The van der Waals surface area contributed by atoms with Crippen LogP contribution in [0.5, 0.6) is 0 Å². The zero-order chi connectivity index (χ0) is 18.7. The maximum atomic E-state index is 12.7. The van der Waals surface area contributed by atoms with Crippen molar-refractivity contribution in [3.63, 3.8) is 0 Å². The van der Waals surface area contributed by atoms with Gasteiger partial charge in [0.25, 0.3) is 0 Å². The molecule has 0 unspecified atom stereocenters. The molecule has 0 aromatic heterocycles. The van der Waals surface area contributed by atoms with Gasteiger partial charge in [0, 0.05) is 23.0 Å². The smallest absolute Gasteiger partial charge is 0.240 e. The van der Waals surface area contributed by atoms with Gasteiger partial charge in [0.15, 0.2) is 0 Å². The van der Waals surface area contributed by atoms with Crippen molar-refractivity contribution in [2.75, 3.05) is 13.1 Å². The molecule has 3 rings (SSSR count). The number of likely N-dealkylation sites (tertiary alicyclic amines) is 1. The Morgan fingerprint density at radius 2 is 1.88 bits per heavy atom. The van der Waals surface area contributed by atoms with Crippen molar-refractivity contribution in [1.82, 2.24) is 10.2 Å². The van der Waals surface area contributed by atoms with Gasteiger partial charge >= 0.3 is 0 Å². The van der Waals surface area contributed by atoms with E-state index < -0.39 is 5.41 Å². The minimum absolute atomic E-state index is 0.168. The van der Waals surface area contributed by atoms with E-state index in [1.807, 2.05) is 6.07 Å². The molecule has 0 radical (unpaired) electrons. The van der Waals surface area contributed by atoms with Crippen LogP contribution in [0.3, 0.4) is 0 Å². The number of benzene rings is 1. The first kappa shape index (κ1) is 19.2. The highest BCUT2D eigenvalue weighted by Gasteiger charge is 2.51. The van der Waals surface area contributed by atoms with Gasteiger partial charge in [0.05, 0.1) is 5.41 Å². The van der Waals surface area contributed by atoms with E-state index in [0.29, 0.717) is 23.0 Å². The van der Waals surface area contributed by atoms with E-state index in [1.54, 1.807) is 12.1 Å². The second kappa shape index (κ2) is 7.97. The molecule has 0 bridgehead atoms. The summed E-state index contributed by atoms with van der Waals surface area (Å²) >= 11 is 12.0. The van der Waals surface area contributed by atoms with Crippen molar-refractivity contribution in [1.29, 1.82) is 0 Å². The summed E-state index contributed by atoms with van der Waals surface area (Å²) in [6.45, 7) is 0.176. The van der Waals surface area contributed by atoms with Crippen LogP contribution < -0.4 is 5.32 Å². The van der Waals surface area contributed by atoms with Crippen molar-refractivity contribution < 1.29 is 14.4 Å². The number of carbonyl (C=O) groups excluding carboxylic acids is 3. The van der Waals surface area contributed by atoms with Crippen LogP contribution >= 0.6 is 23.2 Å². The van der Waals surface area contributed by atoms with E-state index in [4.69, 9.17) is 23.2 Å². The first-order valence-corrected chi connectivity index (χ1v) is 9.72. The summed E-state index contributed by atoms with van der Waals surface area (Å²) in [5.41, 5.74) is 0.331. The fourth-order valence-corrected chi connectivity index (χ4v) is 4.40. The van der Waals surface area contributed by atoms with Crippen molar-refractivity contribution in [3.05, 3.63) is 33.8 Å². The Hall–Kier alpha value is -1.59. The van der Waals surface area contributed by atoms with Gasteiger partial charge in [-0.25, -0.2) is 0 Å². The molecule has 1 N–H and O–H groups in total. The molecule has 1 aliphatic carbocycles. The van der Waals surface area contributed by atoms with Crippen LogP contribution in [-0.4, -0.2) is 35.7 Å². The third kappa shape index (κ3) is 4.04.